The molecule has 4 nitrogen and oxygen atoms in total. The lowest BCUT2D eigenvalue weighted by molar-refractivity contribution is -0.0821. The number of aliphatic hydroxyl groups is 2. The van der Waals surface area contributed by atoms with Crippen LogP contribution in [0.25, 0.3) is 0 Å². The van der Waals surface area contributed by atoms with Gasteiger partial charge < -0.3 is 19.7 Å². The van der Waals surface area contributed by atoms with Crippen LogP contribution >= 0.6 is 0 Å². The average Bonchev–Trinajstić information content (AvgIpc) is 2.60. The number of rotatable bonds is 8. The molecule has 0 fully saturated rings. The molecule has 0 aliphatic carbocycles. The molecular formula is C19H24O4. The molecule has 0 aliphatic heterocycles. The predicted molar refractivity (Wildman–Crippen MR) is 89.7 cm³/mol. The van der Waals surface area contributed by atoms with E-state index >= 15 is 0 Å². The number of ether oxygens (including phenoxy) is 2. The van der Waals surface area contributed by atoms with Crippen LogP contribution in [-0.2, 0) is 0 Å². The van der Waals surface area contributed by atoms with Gasteiger partial charge in [-0.05, 0) is 37.6 Å². The van der Waals surface area contributed by atoms with Crippen LogP contribution in [0.3, 0.4) is 0 Å². The first-order valence-electron chi connectivity index (χ1n) is 7.91. The molecule has 124 valence electrons. The third-order valence-corrected chi connectivity index (χ3v) is 3.70. The lowest BCUT2D eigenvalue weighted by Gasteiger charge is -2.31. The van der Waals surface area contributed by atoms with Crippen molar-refractivity contribution in [1.82, 2.24) is 0 Å². The Hall–Kier alpha value is -2.04. The van der Waals surface area contributed by atoms with Gasteiger partial charge in [0.05, 0.1) is 6.10 Å². The third kappa shape index (κ3) is 4.98. The van der Waals surface area contributed by atoms with Crippen molar-refractivity contribution in [2.75, 3.05) is 0 Å². The molecule has 0 saturated carbocycles. The normalized spacial score (nSPS) is 16.2. The molecule has 0 aromatic heterocycles. The molecule has 0 amide bonds. The summed E-state index contributed by atoms with van der Waals surface area (Å²) in [4.78, 5) is 0. The zero-order valence-corrected chi connectivity index (χ0v) is 13.5. The summed E-state index contributed by atoms with van der Waals surface area (Å²) in [5.74, 6) is 1.28. The van der Waals surface area contributed by atoms with E-state index in [9.17, 15) is 10.2 Å². The van der Waals surface area contributed by atoms with Gasteiger partial charge >= 0.3 is 0 Å². The van der Waals surface area contributed by atoms with Gasteiger partial charge in [-0.1, -0.05) is 43.3 Å². The second-order valence-electron chi connectivity index (χ2n) is 5.50. The number of para-hydroxylation sites is 2. The summed E-state index contributed by atoms with van der Waals surface area (Å²) in [5.41, 5.74) is 0. The molecule has 2 aromatic rings. The van der Waals surface area contributed by atoms with Crippen LogP contribution in [0.2, 0.25) is 0 Å². The Morgan fingerprint density at radius 3 is 1.78 bits per heavy atom. The lowest BCUT2D eigenvalue weighted by atomic mass is 10.0. The fraction of sp³-hybridized carbons (Fsp3) is 0.368. The van der Waals surface area contributed by atoms with Crippen molar-refractivity contribution >= 4 is 0 Å². The summed E-state index contributed by atoms with van der Waals surface area (Å²) in [6, 6.07) is 18.5. The Bertz CT molecular complexity index is 558. The summed E-state index contributed by atoms with van der Waals surface area (Å²) < 4.78 is 11.6. The van der Waals surface area contributed by atoms with E-state index in [2.05, 4.69) is 0 Å². The van der Waals surface area contributed by atoms with Crippen LogP contribution in [0.1, 0.15) is 20.3 Å². The van der Waals surface area contributed by atoms with E-state index in [0.29, 0.717) is 17.9 Å². The van der Waals surface area contributed by atoms with Crippen LogP contribution in [0, 0.1) is 0 Å². The SMILES string of the molecule is CCC(O)C(Oc1ccccc1)C(O)C(C)Oc1ccccc1. The highest BCUT2D eigenvalue weighted by atomic mass is 16.5. The summed E-state index contributed by atoms with van der Waals surface area (Å²) in [7, 11) is 0. The molecule has 2 aromatic carbocycles. The summed E-state index contributed by atoms with van der Waals surface area (Å²) in [5, 5.41) is 20.8. The maximum Gasteiger partial charge on any atom is 0.154 e. The maximum atomic E-state index is 10.6. The summed E-state index contributed by atoms with van der Waals surface area (Å²) in [6.45, 7) is 3.61. The van der Waals surface area contributed by atoms with Crippen LogP contribution < -0.4 is 9.47 Å². The van der Waals surface area contributed by atoms with Gasteiger partial charge in [0.25, 0.3) is 0 Å². The zero-order valence-electron chi connectivity index (χ0n) is 13.5. The van der Waals surface area contributed by atoms with Crippen molar-refractivity contribution < 1.29 is 19.7 Å². The van der Waals surface area contributed by atoms with Crippen LogP contribution in [0.15, 0.2) is 60.7 Å². The second kappa shape index (κ2) is 8.56. The van der Waals surface area contributed by atoms with E-state index in [4.69, 9.17) is 9.47 Å². The topological polar surface area (TPSA) is 58.9 Å². The Labute approximate surface area is 137 Å². The number of hydrogen-bond donors (Lipinski definition) is 2. The monoisotopic (exact) mass is 316 g/mol. The first-order chi connectivity index (χ1) is 11.1. The molecule has 23 heavy (non-hydrogen) atoms. The Balaban J connectivity index is 2.07. The zero-order chi connectivity index (χ0) is 16.7. The van der Waals surface area contributed by atoms with Crippen molar-refractivity contribution in [3.8, 4) is 11.5 Å². The Morgan fingerprint density at radius 2 is 1.30 bits per heavy atom. The molecule has 0 spiro atoms. The van der Waals surface area contributed by atoms with Gasteiger partial charge in [0.2, 0.25) is 0 Å². The highest BCUT2D eigenvalue weighted by Gasteiger charge is 2.33. The minimum absolute atomic E-state index is 0.479. The lowest BCUT2D eigenvalue weighted by Crippen LogP contribution is -2.48. The average molecular weight is 316 g/mol. The maximum absolute atomic E-state index is 10.6. The minimum atomic E-state index is -0.967. The van der Waals surface area contributed by atoms with Gasteiger partial charge in [0.15, 0.2) is 6.10 Å². The van der Waals surface area contributed by atoms with E-state index in [1.54, 1.807) is 19.1 Å². The minimum Gasteiger partial charge on any atom is -0.488 e. The number of benzene rings is 2. The van der Waals surface area contributed by atoms with Gasteiger partial charge in [-0.15, -0.1) is 0 Å². The van der Waals surface area contributed by atoms with Crippen LogP contribution in [0.5, 0.6) is 11.5 Å². The first kappa shape index (κ1) is 17.3. The van der Waals surface area contributed by atoms with Gasteiger partial charge in [0, 0.05) is 0 Å². The molecule has 0 aliphatic rings. The van der Waals surface area contributed by atoms with E-state index in [1.165, 1.54) is 0 Å². The van der Waals surface area contributed by atoms with Crippen molar-refractivity contribution in [1.29, 1.82) is 0 Å². The van der Waals surface area contributed by atoms with Gasteiger partial charge in [-0.3, -0.25) is 0 Å². The van der Waals surface area contributed by atoms with Gasteiger partial charge in [-0.2, -0.15) is 0 Å². The smallest absolute Gasteiger partial charge is 0.154 e. The fourth-order valence-electron chi connectivity index (χ4n) is 2.31. The van der Waals surface area contributed by atoms with E-state index in [1.807, 2.05) is 55.5 Å². The second-order valence-corrected chi connectivity index (χ2v) is 5.50. The highest BCUT2D eigenvalue weighted by molar-refractivity contribution is 5.22. The quantitative estimate of drug-likeness (QED) is 0.786. The van der Waals surface area contributed by atoms with Crippen molar-refractivity contribution in [3.63, 3.8) is 0 Å². The molecule has 4 unspecified atom stereocenters. The van der Waals surface area contributed by atoms with Crippen molar-refractivity contribution in [2.45, 2.75) is 44.7 Å². The highest BCUT2D eigenvalue weighted by Crippen LogP contribution is 2.20. The molecule has 0 radical (unpaired) electrons. The molecule has 0 heterocycles. The van der Waals surface area contributed by atoms with E-state index in [0.717, 1.165) is 0 Å². The van der Waals surface area contributed by atoms with E-state index < -0.39 is 24.4 Å². The first-order valence-corrected chi connectivity index (χ1v) is 7.91. The Morgan fingerprint density at radius 1 is 0.826 bits per heavy atom. The van der Waals surface area contributed by atoms with Crippen LogP contribution in [0.4, 0.5) is 0 Å². The number of aliphatic hydroxyl groups excluding tert-OH is 2. The molecule has 4 atom stereocenters. The number of hydrogen-bond acceptors (Lipinski definition) is 4. The van der Waals surface area contributed by atoms with Crippen molar-refractivity contribution in [2.24, 2.45) is 0 Å². The van der Waals surface area contributed by atoms with E-state index in [-0.39, 0.29) is 0 Å². The Kier molecular flexibility index (Phi) is 6.44. The largest absolute Gasteiger partial charge is 0.488 e. The van der Waals surface area contributed by atoms with Crippen LogP contribution in [-0.4, -0.2) is 34.6 Å². The predicted octanol–water partition coefficient (Wildman–Crippen LogP) is 3.03. The summed E-state index contributed by atoms with van der Waals surface area (Å²) in [6.07, 6.45) is -2.56. The molecule has 4 heteroatoms. The summed E-state index contributed by atoms with van der Waals surface area (Å²) >= 11 is 0. The molecule has 0 bridgehead atoms. The van der Waals surface area contributed by atoms with Crippen molar-refractivity contribution in [3.05, 3.63) is 60.7 Å². The van der Waals surface area contributed by atoms with Gasteiger partial charge in [0.1, 0.15) is 23.7 Å². The third-order valence-electron chi connectivity index (χ3n) is 3.70. The molecule has 2 rings (SSSR count). The molecule has 0 saturated heterocycles. The standard InChI is InChI=1S/C19H24O4/c1-3-17(20)19(23-16-12-8-5-9-13-16)18(21)14(2)22-15-10-6-4-7-11-15/h4-14,17-21H,3H2,1-2H3. The van der Waals surface area contributed by atoms with Gasteiger partial charge in [-0.25, -0.2) is 0 Å². The fourth-order valence-corrected chi connectivity index (χ4v) is 2.31. The molecular weight excluding hydrogens is 292 g/mol. The molecule has 2 N–H and O–H groups in total.